The molecule has 136 valence electrons. The number of carbonyl (C=O) groups excluding carboxylic acids is 1. The molecule has 0 unspecified atom stereocenters. The van der Waals surface area contributed by atoms with Crippen molar-refractivity contribution in [3.8, 4) is 0 Å². The SMILES string of the molecule is CC(=O)N1CCc2cc(NS(=O)(=O)c3ccc(C(=O)O)cc3Cl)ccc21. The standard InChI is InChI=1S/C17H15ClN2O5S/c1-10(21)20-7-6-11-8-13(3-4-15(11)20)19-26(24,25)16-5-2-12(17(22)23)9-14(16)18/h2-5,8-9,19H,6-7H2,1H3,(H,22,23). The van der Waals surface area contributed by atoms with Crippen LogP contribution in [0.25, 0.3) is 0 Å². The molecule has 9 heteroatoms. The number of carboxylic acids is 1. The van der Waals surface area contributed by atoms with Crippen LogP contribution in [0.4, 0.5) is 11.4 Å². The van der Waals surface area contributed by atoms with Crippen molar-refractivity contribution in [3.63, 3.8) is 0 Å². The van der Waals surface area contributed by atoms with E-state index in [0.29, 0.717) is 18.7 Å². The van der Waals surface area contributed by atoms with Gasteiger partial charge < -0.3 is 10.0 Å². The fourth-order valence-corrected chi connectivity index (χ4v) is 4.45. The van der Waals surface area contributed by atoms with Gasteiger partial charge in [-0.1, -0.05) is 11.6 Å². The number of nitrogens with one attached hydrogen (secondary N) is 1. The molecule has 7 nitrogen and oxygen atoms in total. The maximum atomic E-state index is 12.6. The van der Waals surface area contributed by atoms with Crippen molar-refractivity contribution < 1.29 is 23.1 Å². The number of aromatic carboxylic acids is 1. The number of amides is 1. The van der Waals surface area contributed by atoms with Crippen molar-refractivity contribution in [2.45, 2.75) is 18.2 Å². The number of halogens is 1. The first-order valence-corrected chi connectivity index (χ1v) is 9.52. The summed E-state index contributed by atoms with van der Waals surface area (Å²) in [6.45, 7) is 2.04. The molecule has 1 aliphatic heterocycles. The molecule has 0 bridgehead atoms. The molecule has 1 heterocycles. The normalized spacial score (nSPS) is 13.4. The minimum absolute atomic E-state index is 0.0672. The Bertz CT molecular complexity index is 1020. The first-order chi connectivity index (χ1) is 12.2. The summed E-state index contributed by atoms with van der Waals surface area (Å²) in [5.74, 6) is -1.26. The summed E-state index contributed by atoms with van der Waals surface area (Å²) in [4.78, 5) is 23.9. The number of carboxylic acid groups (broad SMARTS) is 1. The number of benzene rings is 2. The first-order valence-electron chi connectivity index (χ1n) is 7.66. The second-order valence-corrected chi connectivity index (χ2v) is 7.88. The first kappa shape index (κ1) is 18.2. The van der Waals surface area contributed by atoms with E-state index in [2.05, 4.69) is 4.72 Å². The third kappa shape index (κ3) is 3.38. The number of fused-ring (bicyclic) bond motifs is 1. The van der Waals surface area contributed by atoms with Crippen LogP contribution in [-0.2, 0) is 21.2 Å². The number of anilines is 2. The number of hydrogen-bond acceptors (Lipinski definition) is 4. The van der Waals surface area contributed by atoms with Crippen LogP contribution in [0.15, 0.2) is 41.3 Å². The number of rotatable bonds is 4. The number of sulfonamides is 1. The van der Waals surface area contributed by atoms with E-state index in [4.69, 9.17) is 16.7 Å². The second-order valence-electron chi connectivity index (χ2n) is 5.82. The maximum Gasteiger partial charge on any atom is 0.335 e. The van der Waals surface area contributed by atoms with Crippen LogP contribution < -0.4 is 9.62 Å². The summed E-state index contributed by atoms with van der Waals surface area (Å²) < 4.78 is 27.6. The van der Waals surface area contributed by atoms with Crippen molar-refractivity contribution in [1.82, 2.24) is 0 Å². The van der Waals surface area contributed by atoms with Crippen LogP contribution in [-0.4, -0.2) is 31.9 Å². The summed E-state index contributed by atoms with van der Waals surface area (Å²) in [7, 11) is -3.99. The molecule has 0 fully saturated rings. The molecule has 0 aliphatic carbocycles. The van der Waals surface area contributed by atoms with Gasteiger partial charge in [0.05, 0.1) is 10.6 Å². The molecule has 26 heavy (non-hydrogen) atoms. The molecule has 0 saturated carbocycles. The van der Waals surface area contributed by atoms with Crippen LogP contribution in [0, 0.1) is 0 Å². The third-order valence-electron chi connectivity index (χ3n) is 4.08. The fourth-order valence-electron chi connectivity index (χ4n) is 2.85. The van der Waals surface area contributed by atoms with Crippen molar-refractivity contribution in [1.29, 1.82) is 0 Å². The van der Waals surface area contributed by atoms with Gasteiger partial charge in [0.25, 0.3) is 10.0 Å². The van der Waals surface area contributed by atoms with Gasteiger partial charge in [-0.05, 0) is 48.4 Å². The third-order valence-corrected chi connectivity index (χ3v) is 5.94. The Morgan fingerprint density at radius 1 is 1.19 bits per heavy atom. The van der Waals surface area contributed by atoms with Crippen LogP contribution in [0.1, 0.15) is 22.8 Å². The molecular weight excluding hydrogens is 380 g/mol. The van der Waals surface area contributed by atoms with Crippen LogP contribution in [0.3, 0.4) is 0 Å². The highest BCUT2D eigenvalue weighted by molar-refractivity contribution is 7.92. The van der Waals surface area contributed by atoms with E-state index in [0.717, 1.165) is 23.4 Å². The topological polar surface area (TPSA) is 104 Å². The highest BCUT2D eigenvalue weighted by Gasteiger charge is 2.24. The molecule has 0 spiro atoms. The maximum absolute atomic E-state index is 12.6. The lowest BCUT2D eigenvalue weighted by Gasteiger charge is -2.15. The van der Waals surface area contributed by atoms with Gasteiger partial charge in [0.1, 0.15) is 4.90 Å². The van der Waals surface area contributed by atoms with E-state index in [-0.39, 0.29) is 21.4 Å². The van der Waals surface area contributed by atoms with Gasteiger partial charge in [0.2, 0.25) is 5.91 Å². The van der Waals surface area contributed by atoms with Gasteiger partial charge >= 0.3 is 5.97 Å². The van der Waals surface area contributed by atoms with Crippen molar-refractivity contribution in [2.24, 2.45) is 0 Å². The van der Waals surface area contributed by atoms with Gasteiger partial charge in [-0.25, -0.2) is 13.2 Å². The zero-order valence-electron chi connectivity index (χ0n) is 13.7. The Balaban J connectivity index is 1.89. The number of carbonyl (C=O) groups is 2. The smallest absolute Gasteiger partial charge is 0.335 e. The molecule has 1 amide bonds. The Morgan fingerprint density at radius 2 is 1.92 bits per heavy atom. The largest absolute Gasteiger partial charge is 0.478 e. The monoisotopic (exact) mass is 394 g/mol. The molecule has 2 aromatic carbocycles. The van der Waals surface area contributed by atoms with Crippen molar-refractivity contribution >= 4 is 44.9 Å². The van der Waals surface area contributed by atoms with E-state index < -0.39 is 16.0 Å². The van der Waals surface area contributed by atoms with Gasteiger partial charge in [0.15, 0.2) is 0 Å². The summed E-state index contributed by atoms with van der Waals surface area (Å²) in [5.41, 5.74) is 1.88. The molecule has 2 N–H and O–H groups in total. The van der Waals surface area contributed by atoms with Crippen LogP contribution in [0.5, 0.6) is 0 Å². The lowest BCUT2D eigenvalue weighted by Crippen LogP contribution is -2.25. The zero-order valence-corrected chi connectivity index (χ0v) is 15.3. The Hall–Kier alpha value is -2.58. The summed E-state index contributed by atoms with van der Waals surface area (Å²) in [6, 6.07) is 8.35. The van der Waals surface area contributed by atoms with Gasteiger partial charge in [-0.15, -0.1) is 0 Å². The Morgan fingerprint density at radius 3 is 2.54 bits per heavy atom. The lowest BCUT2D eigenvalue weighted by atomic mass is 10.1. The molecule has 0 saturated heterocycles. The average Bonchev–Trinajstić information content (AvgIpc) is 2.97. The zero-order chi connectivity index (χ0) is 19.1. The Labute approximate surface area is 155 Å². The molecule has 0 radical (unpaired) electrons. The molecule has 2 aromatic rings. The number of hydrogen-bond donors (Lipinski definition) is 2. The summed E-state index contributed by atoms with van der Waals surface area (Å²) in [5, 5.41) is 8.76. The number of nitrogens with zero attached hydrogens (tertiary/aromatic N) is 1. The van der Waals surface area contributed by atoms with E-state index >= 15 is 0 Å². The predicted octanol–water partition coefficient (Wildman–Crippen LogP) is 2.75. The second kappa shape index (κ2) is 6.62. The highest BCUT2D eigenvalue weighted by Crippen LogP contribution is 2.32. The lowest BCUT2D eigenvalue weighted by molar-refractivity contribution is -0.116. The predicted molar refractivity (Wildman–Crippen MR) is 97.4 cm³/mol. The average molecular weight is 395 g/mol. The summed E-state index contributed by atoms with van der Waals surface area (Å²) in [6.07, 6.45) is 0.637. The van der Waals surface area contributed by atoms with Crippen molar-refractivity contribution in [2.75, 3.05) is 16.2 Å². The van der Waals surface area contributed by atoms with Gasteiger partial charge in [-0.3, -0.25) is 9.52 Å². The molecule has 1 aliphatic rings. The Kier molecular flexibility index (Phi) is 4.64. The summed E-state index contributed by atoms with van der Waals surface area (Å²) >= 11 is 5.95. The van der Waals surface area contributed by atoms with E-state index in [1.165, 1.54) is 13.0 Å². The van der Waals surface area contributed by atoms with E-state index in [1.807, 2.05) is 0 Å². The van der Waals surface area contributed by atoms with Crippen LogP contribution in [0.2, 0.25) is 5.02 Å². The van der Waals surface area contributed by atoms with Crippen LogP contribution >= 0.6 is 11.6 Å². The van der Waals surface area contributed by atoms with Gasteiger partial charge in [0, 0.05) is 24.8 Å². The highest BCUT2D eigenvalue weighted by atomic mass is 35.5. The molecule has 3 rings (SSSR count). The minimum Gasteiger partial charge on any atom is -0.478 e. The fraction of sp³-hybridized carbons (Fsp3) is 0.176. The molecule has 0 aromatic heterocycles. The van der Waals surface area contributed by atoms with Gasteiger partial charge in [-0.2, -0.15) is 0 Å². The van der Waals surface area contributed by atoms with E-state index in [1.54, 1.807) is 23.1 Å². The van der Waals surface area contributed by atoms with Crippen molar-refractivity contribution in [3.05, 3.63) is 52.5 Å². The molecule has 0 atom stereocenters. The molecular formula is C17H15ClN2O5S. The minimum atomic E-state index is -3.99. The van der Waals surface area contributed by atoms with E-state index in [9.17, 15) is 18.0 Å². The quantitative estimate of drug-likeness (QED) is 0.829.